The largest absolute Gasteiger partial charge is 0.490 e. The molecule has 0 fully saturated rings. The van der Waals surface area contributed by atoms with Crippen LogP contribution in [0.3, 0.4) is 0 Å². The Labute approximate surface area is 265 Å². The summed E-state index contributed by atoms with van der Waals surface area (Å²) in [4.78, 5) is 28.5. The molecular formula is C35H44N7O3+. The molecule has 0 amide bonds. The number of hydrogen-bond donors (Lipinski definition) is 3. The number of fused-ring (bicyclic) bond motifs is 1. The average molecular weight is 611 g/mol. The van der Waals surface area contributed by atoms with Gasteiger partial charge in [-0.2, -0.15) is 0 Å². The number of hydrogen-bond acceptors (Lipinski definition) is 9. The van der Waals surface area contributed by atoms with Crippen LogP contribution < -0.4 is 20.1 Å². The minimum absolute atomic E-state index is 0.0000945. The molecule has 10 heteroatoms. The topological polar surface area (TPSA) is 116 Å². The third-order valence-electron chi connectivity index (χ3n) is 8.22. The number of pyridine rings is 2. The van der Waals surface area contributed by atoms with Gasteiger partial charge in [-0.25, -0.2) is 4.98 Å². The number of carbonyl (C=O) groups is 1. The first-order chi connectivity index (χ1) is 22.0. The third-order valence-corrected chi connectivity index (χ3v) is 8.22. The van der Waals surface area contributed by atoms with Crippen LogP contribution in [-0.4, -0.2) is 69.7 Å². The Balaban J connectivity index is 1.21. The first kappa shape index (κ1) is 31.8. The lowest BCUT2D eigenvalue weighted by Gasteiger charge is -2.24. The summed E-state index contributed by atoms with van der Waals surface area (Å²) in [7, 11) is 0. The van der Waals surface area contributed by atoms with Crippen molar-refractivity contribution in [2.24, 2.45) is 0 Å². The number of unbranched alkanes of at least 4 members (excludes halogenated alkanes) is 1. The molecule has 0 bridgehead atoms. The van der Waals surface area contributed by atoms with Gasteiger partial charge in [-0.3, -0.25) is 20.0 Å². The quantitative estimate of drug-likeness (QED) is 0.0926. The van der Waals surface area contributed by atoms with Crippen molar-refractivity contribution in [2.75, 3.05) is 43.4 Å². The molecule has 0 saturated heterocycles. The Morgan fingerprint density at radius 1 is 1.11 bits per heavy atom. The van der Waals surface area contributed by atoms with E-state index in [9.17, 15) is 10.0 Å². The SMILES string of the molecule is CC(=O)[C@H](CCN(CCCCc1ccc2c(n1)NCCC2)CCOc1cccnc1C)Nc1c(-c2ccccc2)cnc[n+]1O. The van der Waals surface area contributed by atoms with E-state index < -0.39 is 6.04 Å². The first-order valence-electron chi connectivity index (χ1n) is 15.9. The van der Waals surface area contributed by atoms with Crippen molar-refractivity contribution in [1.82, 2.24) is 19.9 Å². The maximum Gasteiger partial charge on any atom is 0.271 e. The van der Waals surface area contributed by atoms with Crippen LogP contribution in [0, 0.1) is 6.92 Å². The zero-order chi connectivity index (χ0) is 31.4. The number of ketones is 1. The van der Waals surface area contributed by atoms with Gasteiger partial charge in [-0.05, 0) is 81.8 Å². The molecule has 4 heterocycles. The van der Waals surface area contributed by atoms with Crippen LogP contribution >= 0.6 is 0 Å². The van der Waals surface area contributed by atoms with Crippen molar-refractivity contribution in [2.45, 2.75) is 58.4 Å². The molecule has 236 valence electrons. The molecule has 45 heavy (non-hydrogen) atoms. The molecule has 0 saturated carbocycles. The fraction of sp³-hybridized carbons (Fsp3) is 0.400. The monoisotopic (exact) mass is 610 g/mol. The van der Waals surface area contributed by atoms with E-state index in [-0.39, 0.29) is 5.78 Å². The number of rotatable bonds is 16. The third kappa shape index (κ3) is 8.98. The molecule has 1 aromatic carbocycles. The summed E-state index contributed by atoms with van der Waals surface area (Å²) in [5.41, 5.74) is 4.90. The van der Waals surface area contributed by atoms with E-state index in [1.807, 2.05) is 49.4 Å². The van der Waals surface area contributed by atoms with E-state index in [2.05, 4.69) is 37.6 Å². The smallest absolute Gasteiger partial charge is 0.271 e. The lowest BCUT2D eigenvalue weighted by atomic mass is 10.1. The summed E-state index contributed by atoms with van der Waals surface area (Å²) >= 11 is 0. The Kier molecular flexibility index (Phi) is 11.3. The maximum absolute atomic E-state index is 12.8. The van der Waals surface area contributed by atoms with Gasteiger partial charge in [-0.15, -0.1) is 4.98 Å². The Morgan fingerprint density at radius 3 is 2.80 bits per heavy atom. The van der Waals surface area contributed by atoms with Gasteiger partial charge < -0.3 is 15.3 Å². The lowest BCUT2D eigenvalue weighted by molar-refractivity contribution is -0.895. The van der Waals surface area contributed by atoms with Crippen LogP contribution in [0.25, 0.3) is 11.1 Å². The van der Waals surface area contributed by atoms with Gasteiger partial charge in [0.15, 0.2) is 5.78 Å². The Morgan fingerprint density at radius 2 is 1.98 bits per heavy atom. The molecule has 1 atom stereocenters. The normalized spacial score (nSPS) is 13.1. The van der Waals surface area contributed by atoms with Gasteiger partial charge in [0, 0.05) is 37.9 Å². The highest BCUT2D eigenvalue weighted by molar-refractivity contribution is 5.85. The van der Waals surface area contributed by atoms with Crippen molar-refractivity contribution >= 4 is 17.4 Å². The molecule has 1 aliphatic heterocycles. The number of ether oxygens (including phenoxy) is 1. The Hall–Kier alpha value is -4.57. The summed E-state index contributed by atoms with van der Waals surface area (Å²) in [5, 5.41) is 17.4. The average Bonchev–Trinajstić information content (AvgIpc) is 3.06. The number of benzene rings is 1. The summed E-state index contributed by atoms with van der Waals surface area (Å²) in [5.74, 6) is 2.26. The zero-order valence-corrected chi connectivity index (χ0v) is 26.3. The van der Waals surface area contributed by atoms with E-state index in [1.54, 1.807) is 19.3 Å². The molecular weight excluding hydrogens is 566 g/mol. The number of carbonyl (C=O) groups excluding carboxylic acids is 1. The van der Waals surface area contributed by atoms with Gasteiger partial charge in [0.25, 0.3) is 12.1 Å². The van der Waals surface area contributed by atoms with E-state index in [4.69, 9.17) is 9.72 Å². The maximum atomic E-state index is 12.8. The number of anilines is 2. The molecule has 5 rings (SSSR count). The van der Waals surface area contributed by atoms with Crippen LogP contribution in [0.4, 0.5) is 11.6 Å². The van der Waals surface area contributed by atoms with Crippen LogP contribution in [0.15, 0.2) is 73.3 Å². The zero-order valence-electron chi connectivity index (χ0n) is 26.3. The van der Waals surface area contributed by atoms with Crippen molar-refractivity contribution in [3.05, 3.63) is 90.3 Å². The van der Waals surface area contributed by atoms with E-state index in [0.717, 1.165) is 84.0 Å². The molecule has 0 spiro atoms. The van der Waals surface area contributed by atoms with Gasteiger partial charge in [0.05, 0.1) is 11.3 Å². The highest BCUT2D eigenvalue weighted by Gasteiger charge is 2.25. The van der Waals surface area contributed by atoms with Crippen molar-refractivity contribution in [3.63, 3.8) is 0 Å². The minimum atomic E-state index is -0.496. The van der Waals surface area contributed by atoms with Crippen LogP contribution in [0.1, 0.15) is 49.6 Å². The predicted molar refractivity (Wildman–Crippen MR) is 175 cm³/mol. The highest BCUT2D eigenvalue weighted by Crippen LogP contribution is 2.25. The standard InChI is InChI=1S/C35H43N7O3/c1-26-33(14-9-18-37-26)45-23-22-41(20-7-6-13-30-16-15-29-12-8-19-38-34(29)39-30)21-17-32(27(2)43)40-35-31(24-36-25-42(35)44)28-10-4-3-5-11-28/h3-5,9-11,14-16,18,24-25,32,44H,6-8,12-13,17,19-23H2,1-2H3,(H,38,39)/p+1/t32-/m0/s1. The second-order valence-electron chi connectivity index (χ2n) is 11.5. The first-order valence-corrected chi connectivity index (χ1v) is 15.9. The van der Waals surface area contributed by atoms with E-state index in [0.29, 0.717) is 31.9 Å². The number of nitrogens with zero attached hydrogens (tertiary/aromatic N) is 5. The number of Topliss-reactive ketones (excluding diaryl/α,β-unsaturated/α-hetero) is 1. The molecule has 0 aliphatic carbocycles. The van der Waals surface area contributed by atoms with E-state index in [1.165, 1.54) is 11.9 Å². The molecule has 3 aromatic heterocycles. The minimum Gasteiger partial charge on any atom is -0.490 e. The second-order valence-corrected chi connectivity index (χ2v) is 11.5. The molecule has 0 radical (unpaired) electrons. The summed E-state index contributed by atoms with van der Waals surface area (Å²) in [6.07, 6.45) is 10.5. The van der Waals surface area contributed by atoms with Crippen LogP contribution in [0.5, 0.6) is 5.75 Å². The second kappa shape index (κ2) is 15.9. The fourth-order valence-corrected chi connectivity index (χ4v) is 5.63. The molecule has 0 unspecified atom stereocenters. The molecule has 10 nitrogen and oxygen atoms in total. The van der Waals surface area contributed by atoms with Gasteiger partial charge in [0.1, 0.15) is 30.4 Å². The van der Waals surface area contributed by atoms with Crippen molar-refractivity contribution in [3.8, 4) is 16.9 Å². The van der Waals surface area contributed by atoms with Crippen LogP contribution in [0.2, 0.25) is 0 Å². The van der Waals surface area contributed by atoms with Crippen LogP contribution in [-0.2, 0) is 17.6 Å². The lowest BCUT2D eigenvalue weighted by Crippen LogP contribution is -2.41. The van der Waals surface area contributed by atoms with Crippen molar-refractivity contribution < 1.29 is 19.5 Å². The van der Waals surface area contributed by atoms with Gasteiger partial charge >= 0.3 is 0 Å². The molecule has 1 aliphatic rings. The fourth-order valence-electron chi connectivity index (χ4n) is 5.63. The summed E-state index contributed by atoms with van der Waals surface area (Å²) < 4.78 is 7.03. The summed E-state index contributed by atoms with van der Waals surface area (Å²) in [6.45, 7) is 7.30. The van der Waals surface area contributed by atoms with Gasteiger partial charge in [-0.1, -0.05) is 41.1 Å². The summed E-state index contributed by atoms with van der Waals surface area (Å²) in [6, 6.07) is 17.4. The number of nitrogens with one attached hydrogen (secondary N) is 2. The van der Waals surface area contributed by atoms with E-state index >= 15 is 0 Å². The predicted octanol–water partition coefficient (Wildman–Crippen LogP) is 4.89. The Bertz CT molecular complexity index is 1550. The molecule has 3 N–H and O–H groups in total. The number of aromatic nitrogens is 4. The molecule has 4 aromatic rings. The van der Waals surface area contributed by atoms with Gasteiger partial charge in [0.2, 0.25) is 0 Å². The number of aryl methyl sites for hydroxylation is 3. The van der Waals surface area contributed by atoms with Crippen molar-refractivity contribution in [1.29, 1.82) is 0 Å². The highest BCUT2D eigenvalue weighted by atomic mass is 16.5.